The van der Waals surface area contributed by atoms with Crippen molar-refractivity contribution >= 4 is 22.0 Å². The van der Waals surface area contributed by atoms with E-state index >= 15 is 0 Å². The van der Waals surface area contributed by atoms with Crippen LogP contribution in [0, 0.1) is 0 Å². The molecule has 1 atom stereocenters. The van der Waals surface area contributed by atoms with Crippen LogP contribution in [0.25, 0.3) is 0 Å². The van der Waals surface area contributed by atoms with E-state index in [1.807, 2.05) is 30.3 Å². The van der Waals surface area contributed by atoms with Gasteiger partial charge < -0.3 is 10.4 Å². The highest BCUT2D eigenvalue weighted by molar-refractivity contribution is 7.85. The monoisotopic (exact) mass is 355 g/mol. The first-order valence-corrected chi connectivity index (χ1v) is 9.40. The molecule has 1 amide bonds. The lowest BCUT2D eigenvalue weighted by atomic mass is 9.68. The standard InChI is InChI=1S/C16H21NO6S/c18-14(19)13(11-24(21,22)23)17-15(20)16(9-5-2-6-10-16)12-7-3-1-4-8-12/h1,3-4,7-8,13H,2,5-6,9-11H2,(H,17,20)(H,18,19)(H,21,22,23). The molecule has 1 fully saturated rings. The van der Waals surface area contributed by atoms with Crippen LogP contribution in [0.3, 0.4) is 0 Å². The zero-order chi connectivity index (χ0) is 17.8. The number of rotatable bonds is 6. The van der Waals surface area contributed by atoms with Crippen molar-refractivity contribution in [1.82, 2.24) is 5.32 Å². The molecular formula is C16H21NO6S. The van der Waals surface area contributed by atoms with Crippen LogP contribution in [0.5, 0.6) is 0 Å². The van der Waals surface area contributed by atoms with Crippen molar-refractivity contribution in [2.75, 3.05) is 5.75 Å². The number of nitrogens with one attached hydrogen (secondary N) is 1. The Morgan fingerprint density at radius 2 is 1.71 bits per heavy atom. The second-order valence-corrected chi connectivity index (χ2v) is 7.62. The van der Waals surface area contributed by atoms with Crippen LogP contribution < -0.4 is 5.32 Å². The third-order valence-corrected chi connectivity index (χ3v) is 5.20. The number of carbonyl (C=O) groups excluding carboxylic acids is 1. The third kappa shape index (κ3) is 4.33. The SMILES string of the molecule is O=C(O)C(CS(=O)(=O)O)NC(=O)C1(c2ccccc2)CCCCC1. The fourth-order valence-corrected chi connectivity index (χ4v) is 3.89. The van der Waals surface area contributed by atoms with Crippen LogP contribution in [0.4, 0.5) is 0 Å². The molecule has 7 nitrogen and oxygen atoms in total. The van der Waals surface area contributed by atoms with Crippen molar-refractivity contribution in [2.24, 2.45) is 0 Å². The summed E-state index contributed by atoms with van der Waals surface area (Å²) in [6, 6.07) is 7.41. The molecule has 0 heterocycles. The zero-order valence-electron chi connectivity index (χ0n) is 13.1. The molecule has 0 aromatic heterocycles. The molecule has 132 valence electrons. The minimum absolute atomic E-state index is 0.510. The van der Waals surface area contributed by atoms with Gasteiger partial charge in [0.2, 0.25) is 5.91 Å². The van der Waals surface area contributed by atoms with Crippen LogP contribution in [0.15, 0.2) is 30.3 Å². The number of carboxylic acid groups (broad SMARTS) is 1. The molecule has 24 heavy (non-hydrogen) atoms. The molecular weight excluding hydrogens is 334 g/mol. The molecule has 1 aromatic carbocycles. The normalized spacial score (nSPS) is 18.5. The van der Waals surface area contributed by atoms with Gasteiger partial charge in [-0.1, -0.05) is 49.6 Å². The Bertz CT molecular complexity index is 695. The van der Waals surface area contributed by atoms with Crippen LogP contribution in [-0.2, 0) is 25.1 Å². The van der Waals surface area contributed by atoms with E-state index in [2.05, 4.69) is 5.32 Å². The lowest BCUT2D eigenvalue weighted by Crippen LogP contribution is -2.53. The number of hydrogen-bond donors (Lipinski definition) is 3. The molecule has 1 saturated carbocycles. The summed E-state index contributed by atoms with van der Waals surface area (Å²) in [5.74, 6) is -3.07. The van der Waals surface area contributed by atoms with Gasteiger partial charge in [-0.3, -0.25) is 9.35 Å². The van der Waals surface area contributed by atoms with Gasteiger partial charge in [0, 0.05) is 0 Å². The minimum Gasteiger partial charge on any atom is -0.480 e. The van der Waals surface area contributed by atoms with Gasteiger partial charge in [-0.15, -0.1) is 0 Å². The van der Waals surface area contributed by atoms with Crippen LogP contribution >= 0.6 is 0 Å². The summed E-state index contributed by atoms with van der Waals surface area (Å²) in [5.41, 5.74) is -0.0786. The summed E-state index contributed by atoms with van der Waals surface area (Å²) in [4.78, 5) is 24.1. The second-order valence-electron chi connectivity index (χ2n) is 6.12. The average Bonchev–Trinajstić information content (AvgIpc) is 2.54. The molecule has 0 bridgehead atoms. The Morgan fingerprint density at radius 3 is 2.21 bits per heavy atom. The lowest BCUT2D eigenvalue weighted by molar-refractivity contribution is -0.142. The average molecular weight is 355 g/mol. The Balaban J connectivity index is 2.29. The maximum absolute atomic E-state index is 12.9. The largest absolute Gasteiger partial charge is 0.480 e. The summed E-state index contributed by atoms with van der Waals surface area (Å²) < 4.78 is 30.9. The highest BCUT2D eigenvalue weighted by Crippen LogP contribution is 2.39. The first kappa shape index (κ1) is 18.4. The fraction of sp³-hybridized carbons (Fsp3) is 0.500. The van der Waals surface area contributed by atoms with Crippen molar-refractivity contribution in [2.45, 2.75) is 43.6 Å². The Morgan fingerprint density at radius 1 is 1.12 bits per heavy atom. The van der Waals surface area contributed by atoms with Crippen LogP contribution in [-0.4, -0.2) is 41.7 Å². The molecule has 0 saturated heterocycles. The Labute approximate surface area is 140 Å². The number of carboxylic acids is 1. The van der Waals surface area contributed by atoms with Gasteiger partial charge in [0.25, 0.3) is 10.1 Å². The number of aliphatic carboxylic acids is 1. The minimum atomic E-state index is -4.52. The van der Waals surface area contributed by atoms with Gasteiger partial charge in [0.1, 0.15) is 11.8 Å². The molecule has 1 aromatic rings. The third-order valence-electron chi connectivity index (χ3n) is 4.45. The van der Waals surface area contributed by atoms with Crippen molar-refractivity contribution in [1.29, 1.82) is 0 Å². The first-order valence-electron chi connectivity index (χ1n) is 7.79. The molecule has 1 aliphatic rings. The van der Waals surface area contributed by atoms with Gasteiger partial charge >= 0.3 is 5.97 Å². The second kappa shape index (κ2) is 7.31. The molecule has 0 spiro atoms. The van der Waals surface area contributed by atoms with Crippen LogP contribution in [0.1, 0.15) is 37.7 Å². The maximum Gasteiger partial charge on any atom is 0.327 e. The Hall–Kier alpha value is -1.93. The van der Waals surface area contributed by atoms with E-state index in [0.29, 0.717) is 12.8 Å². The van der Waals surface area contributed by atoms with Crippen molar-refractivity contribution in [3.63, 3.8) is 0 Å². The molecule has 1 unspecified atom stereocenters. The smallest absolute Gasteiger partial charge is 0.327 e. The summed E-state index contributed by atoms with van der Waals surface area (Å²) >= 11 is 0. The molecule has 1 aliphatic carbocycles. The van der Waals surface area contributed by atoms with Gasteiger partial charge in [-0.25, -0.2) is 4.79 Å². The van der Waals surface area contributed by atoms with E-state index in [-0.39, 0.29) is 0 Å². The topological polar surface area (TPSA) is 121 Å². The highest BCUT2D eigenvalue weighted by Gasteiger charge is 2.42. The number of amides is 1. The first-order chi connectivity index (χ1) is 11.2. The summed E-state index contributed by atoms with van der Waals surface area (Å²) in [7, 11) is -4.52. The van der Waals surface area contributed by atoms with E-state index in [4.69, 9.17) is 9.66 Å². The number of carbonyl (C=O) groups is 2. The van der Waals surface area contributed by atoms with E-state index in [1.165, 1.54) is 0 Å². The van der Waals surface area contributed by atoms with Gasteiger partial charge in [-0.05, 0) is 18.4 Å². The van der Waals surface area contributed by atoms with Gasteiger partial charge in [0.05, 0.1) is 5.41 Å². The highest BCUT2D eigenvalue weighted by atomic mass is 32.2. The van der Waals surface area contributed by atoms with E-state index in [0.717, 1.165) is 24.8 Å². The summed E-state index contributed by atoms with van der Waals surface area (Å²) in [6.07, 6.45) is 3.80. The molecule has 0 aliphatic heterocycles. The lowest BCUT2D eigenvalue weighted by Gasteiger charge is -2.37. The quantitative estimate of drug-likeness (QED) is 0.662. The van der Waals surface area contributed by atoms with E-state index in [1.54, 1.807) is 0 Å². The predicted octanol–water partition coefficient (Wildman–Crippen LogP) is 1.35. The van der Waals surface area contributed by atoms with Gasteiger partial charge in [0.15, 0.2) is 0 Å². The van der Waals surface area contributed by atoms with Crippen molar-refractivity contribution in [3.8, 4) is 0 Å². The summed E-state index contributed by atoms with van der Waals surface area (Å²) in [5, 5.41) is 11.5. The van der Waals surface area contributed by atoms with Crippen LogP contribution in [0.2, 0.25) is 0 Å². The van der Waals surface area contributed by atoms with E-state index < -0.39 is 39.2 Å². The Kier molecular flexibility index (Phi) is 5.61. The van der Waals surface area contributed by atoms with Crippen molar-refractivity contribution < 1.29 is 27.7 Å². The van der Waals surface area contributed by atoms with E-state index in [9.17, 15) is 18.0 Å². The van der Waals surface area contributed by atoms with Crippen molar-refractivity contribution in [3.05, 3.63) is 35.9 Å². The zero-order valence-corrected chi connectivity index (χ0v) is 14.0. The number of benzene rings is 1. The molecule has 0 radical (unpaired) electrons. The predicted molar refractivity (Wildman–Crippen MR) is 87.2 cm³/mol. The molecule has 3 N–H and O–H groups in total. The number of hydrogen-bond acceptors (Lipinski definition) is 4. The van der Waals surface area contributed by atoms with Gasteiger partial charge in [-0.2, -0.15) is 8.42 Å². The fourth-order valence-electron chi connectivity index (χ4n) is 3.24. The molecule has 8 heteroatoms. The molecule has 2 rings (SSSR count). The summed E-state index contributed by atoms with van der Waals surface area (Å²) in [6.45, 7) is 0. The maximum atomic E-state index is 12.9.